The first-order valence-corrected chi connectivity index (χ1v) is 19.1. The van der Waals surface area contributed by atoms with E-state index >= 15 is 0 Å². The normalized spacial score (nSPS) is 14.7. The Balaban J connectivity index is 1.45. The van der Waals surface area contributed by atoms with Gasteiger partial charge in [0.2, 0.25) is 0 Å². The molecular weight excluding hydrogens is 723 g/mol. The summed E-state index contributed by atoms with van der Waals surface area (Å²) in [7, 11) is 11.1. The van der Waals surface area contributed by atoms with E-state index in [1.165, 1.54) is 0 Å². The van der Waals surface area contributed by atoms with Gasteiger partial charge < -0.3 is 33.4 Å². The molecule has 12 heteroatoms. The van der Waals surface area contributed by atoms with Crippen LogP contribution in [0.15, 0.2) is 89.1 Å². The molecule has 57 heavy (non-hydrogen) atoms. The second-order valence-electron chi connectivity index (χ2n) is 14.3. The van der Waals surface area contributed by atoms with E-state index in [1.54, 1.807) is 21.3 Å². The van der Waals surface area contributed by atoms with Crippen LogP contribution in [0.3, 0.4) is 0 Å². The number of hydroxylamine groups is 2. The summed E-state index contributed by atoms with van der Waals surface area (Å²) in [5.74, 6) is 0.625. The Morgan fingerprint density at radius 2 is 1.44 bits per heavy atom. The molecule has 298 valence electrons. The molecule has 3 aromatic carbocycles. The summed E-state index contributed by atoms with van der Waals surface area (Å²) in [6, 6.07) is 22.4. The summed E-state index contributed by atoms with van der Waals surface area (Å²) in [6.45, 7) is 7.44. The molecule has 1 aromatic heterocycles. The number of carbonyl (C=O) groups is 3. The van der Waals surface area contributed by atoms with Gasteiger partial charge in [0.25, 0.3) is 11.8 Å². The third kappa shape index (κ3) is 8.30. The molecule has 4 aromatic rings. The van der Waals surface area contributed by atoms with Crippen molar-refractivity contribution in [2.24, 2.45) is 12.0 Å². The molecule has 0 spiro atoms. The molecule has 1 saturated heterocycles. The summed E-state index contributed by atoms with van der Waals surface area (Å²) in [5.41, 5.74) is 11.5. The van der Waals surface area contributed by atoms with E-state index in [1.807, 2.05) is 50.5 Å². The Morgan fingerprint density at radius 3 is 2.00 bits per heavy atom. The highest BCUT2D eigenvalue weighted by atomic mass is 16.7. The highest BCUT2D eigenvalue weighted by Crippen LogP contribution is 2.45. The molecule has 0 unspecified atom stereocenters. The fourth-order valence-electron chi connectivity index (χ4n) is 7.41. The number of allylic oxidation sites excluding steroid dienone is 2. The smallest absolute Gasteiger partial charge is 0.333 e. The van der Waals surface area contributed by atoms with Crippen LogP contribution in [0.5, 0.6) is 17.2 Å². The minimum absolute atomic E-state index is 0.0414. The van der Waals surface area contributed by atoms with E-state index in [4.69, 9.17) is 24.0 Å². The minimum Gasteiger partial charge on any atom is -0.497 e. The van der Waals surface area contributed by atoms with Gasteiger partial charge in [0.15, 0.2) is 0 Å². The lowest BCUT2D eigenvalue weighted by Crippen LogP contribution is -2.32. The SMILES string of the molecule is CCN(CCCC(=O)ON1C(=O)CCC1=O)c1cc(OC)c(/C(=C2/N=C(c3ccc(OC)cc3)C=C2C)c2c(C)cc(-c3ccc(OC)cc3)n2C)cc1N(C)C. The first-order chi connectivity index (χ1) is 27.4. The van der Waals surface area contributed by atoms with Crippen molar-refractivity contribution in [2.75, 3.05) is 58.3 Å². The van der Waals surface area contributed by atoms with Crippen LogP contribution in [0.4, 0.5) is 11.4 Å². The Labute approximate surface area is 334 Å². The Hall–Kier alpha value is -6.30. The molecule has 0 saturated carbocycles. The fourth-order valence-corrected chi connectivity index (χ4v) is 7.41. The largest absolute Gasteiger partial charge is 0.497 e. The number of aryl methyl sites for hydroxylation is 1. The van der Waals surface area contributed by atoms with Crippen LogP contribution < -0.4 is 24.0 Å². The van der Waals surface area contributed by atoms with Crippen molar-refractivity contribution in [1.82, 2.24) is 9.63 Å². The number of hydrogen-bond acceptors (Lipinski definition) is 10. The Morgan fingerprint density at radius 1 is 0.825 bits per heavy atom. The number of amides is 2. The third-order valence-corrected chi connectivity index (χ3v) is 10.4. The summed E-state index contributed by atoms with van der Waals surface area (Å²) in [6.07, 6.45) is 2.71. The molecule has 0 aliphatic carbocycles. The summed E-state index contributed by atoms with van der Waals surface area (Å²) in [5, 5.41) is 0.597. The van der Waals surface area contributed by atoms with Crippen LogP contribution in [-0.4, -0.2) is 81.6 Å². The fraction of sp³-hybridized carbons (Fsp3) is 0.333. The first-order valence-electron chi connectivity index (χ1n) is 19.1. The number of anilines is 2. The number of rotatable bonds is 15. The van der Waals surface area contributed by atoms with Crippen molar-refractivity contribution in [3.63, 3.8) is 0 Å². The first kappa shape index (κ1) is 40.4. The van der Waals surface area contributed by atoms with Crippen LogP contribution in [0.2, 0.25) is 0 Å². The number of aromatic nitrogens is 1. The molecule has 2 aliphatic heterocycles. The third-order valence-electron chi connectivity index (χ3n) is 10.4. The van der Waals surface area contributed by atoms with Gasteiger partial charge >= 0.3 is 5.97 Å². The van der Waals surface area contributed by atoms with E-state index in [-0.39, 0.29) is 19.3 Å². The predicted molar refractivity (Wildman–Crippen MR) is 223 cm³/mol. The molecular formula is C45H51N5O7. The molecule has 2 amide bonds. The van der Waals surface area contributed by atoms with Crippen LogP contribution in [-0.2, 0) is 26.3 Å². The predicted octanol–water partition coefficient (Wildman–Crippen LogP) is 7.51. The van der Waals surface area contributed by atoms with Crippen molar-refractivity contribution in [1.29, 1.82) is 0 Å². The standard InChI is InChI=1S/C45H51N5O7/c1-10-49(23-11-12-42(53)57-50-40(51)21-22-41(50)52)38-27-39(56-9)34(26-37(38)47(4)5)43(44-28(2)24-35(46-44)30-13-17-32(54-7)18-14-30)45-29(3)25-36(48(45)6)31-15-19-33(55-8)20-16-31/h13-20,24-27H,10-12,21-23H2,1-9H3/b44-43-. The van der Waals surface area contributed by atoms with Crippen molar-refractivity contribution in [3.8, 4) is 28.5 Å². The zero-order chi connectivity index (χ0) is 41.0. The van der Waals surface area contributed by atoms with Gasteiger partial charge in [0.1, 0.15) is 17.2 Å². The molecule has 12 nitrogen and oxygen atoms in total. The number of aliphatic imine (C=N–C) groups is 1. The number of carbonyl (C=O) groups excluding carboxylic acids is 3. The summed E-state index contributed by atoms with van der Waals surface area (Å²) >= 11 is 0. The average Bonchev–Trinajstić information content (AvgIpc) is 3.86. The molecule has 0 N–H and O–H groups in total. The monoisotopic (exact) mass is 773 g/mol. The number of methoxy groups -OCH3 is 3. The zero-order valence-corrected chi connectivity index (χ0v) is 34.3. The van der Waals surface area contributed by atoms with Crippen molar-refractivity contribution >= 4 is 40.4 Å². The maximum absolute atomic E-state index is 12.6. The Bertz CT molecular complexity index is 2250. The maximum atomic E-state index is 12.6. The van der Waals surface area contributed by atoms with Gasteiger partial charge in [-0.05, 0) is 111 Å². The Kier molecular flexibility index (Phi) is 12.2. The number of benzene rings is 3. The summed E-state index contributed by atoms with van der Waals surface area (Å²) in [4.78, 5) is 51.3. The van der Waals surface area contributed by atoms with Gasteiger partial charge in [-0.1, -0.05) is 0 Å². The molecule has 3 heterocycles. The second kappa shape index (κ2) is 17.2. The zero-order valence-electron chi connectivity index (χ0n) is 34.3. The topological polar surface area (TPSA) is 115 Å². The molecule has 2 aliphatic rings. The number of nitrogens with zero attached hydrogens (tertiary/aromatic N) is 5. The minimum atomic E-state index is -0.617. The van der Waals surface area contributed by atoms with Crippen molar-refractivity contribution in [2.45, 2.75) is 46.5 Å². The van der Waals surface area contributed by atoms with E-state index < -0.39 is 17.8 Å². The van der Waals surface area contributed by atoms with Gasteiger partial charge in [-0.3, -0.25) is 9.59 Å². The highest BCUT2D eigenvalue weighted by molar-refractivity contribution is 6.13. The van der Waals surface area contributed by atoms with Crippen molar-refractivity contribution < 1.29 is 33.4 Å². The van der Waals surface area contributed by atoms with E-state index in [0.29, 0.717) is 30.3 Å². The van der Waals surface area contributed by atoms with E-state index in [2.05, 4.69) is 78.6 Å². The molecule has 0 bridgehead atoms. The lowest BCUT2D eigenvalue weighted by Gasteiger charge is -2.30. The lowest BCUT2D eigenvalue weighted by atomic mass is 9.93. The van der Waals surface area contributed by atoms with Gasteiger partial charge in [-0.2, -0.15) is 0 Å². The van der Waals surface area contributed by atoms with Crippen LogP contribution >= 0.6 is 0 Å². The quantitative estimate of drug-likeness (QED) is 0.113. The molecule has 0 atom stereocenters. The van der Waals surface area contributed by atoms with Gasteiger partial charge in [0.05, 0.1) is 49.8 Å². The van der Waals surface area contributed by atoms with Gasteiger partial charge in [-0.25, -0.2) is 9.79 Å². The highest BCUT2D eigenvalue weighted by Gasteiger charge is 2.33. The van der Waals surface area contributed by atoms with Gasteiger partial charge in [0, 0.05) is 82.0 Å². The number of ether oxygens (including phenoxy) is 3. The lowest BCUT2D eigenvalue weighted by molar-refractivity contribution is -0.197. The van der Waals surface area contributed by atoms with Crippen LogP contribution in [0, 0.1) is 6.92 Å². The molecule has 0 radical (unpaired) electrons. The summed E-state index contributed by atoms with van der Waals surface area (Å²) < 4.78 is 19.3. The van der Waals surface area contributed by atoms with E-state index in [9.17, 15) is 14.4 Å². The second-order valence-corrected chi connectivity index (χ2v) is 14.3. The van der Waals surface area contributed by atoms with Crippen LogP contribution in [0.25, 0.3) is 16.8 Å². The van der Waals surface area contributed by atoms with E-state index in [0.717, 1.165) is 79.1 Å². The number of hydrogen-bond donors (Lipinski definition) is 0. The molecule has 1 fully saturated rings. The number of imide groups is 1. The maximum Gasteiger partial charge on any atom is 0.333 e. The van der Waals surface area contributed by atoms with Gasteiger partial charge in [-0.15, -0.1) is 5.06 Å². The molecule has 6 rings (SSSR count). The average molecular weight is 774 g/mol. The van der Waals surface area contributed by atoms with Crippen LogP contribution in [0.1, 0.15) is 61.9 Å². The van der Waals surface area contributed by atoms with Crippen molar-refractivity contribution in [3.05, 3.63) is 106 Å².